The molecule has 0 saturated heterocycles. The quantitative estimate of drug-likeness (QED) is 0.301. The van der Waals surface area contributed by atoms with Crippen molar-refractivity contribution in [1.82, 2.24) is 0 Å². The molecule has 172 valence electrons. The van der Waals surface area contributed by atoms with Crippen LogP contribution in [0.25, 0.3) is 0 Å². The van der Waals surface area contributed by atoms with Gasteiger partial charge in [-0.05, 0) is 88.9 Å². The van der Waals surface area contributed by atoms with Gasteiger partial charge >= 0.3 is 0 Å². The Bertz CT molecular complexity index is 913. The van der Waals surface area contributed by atoms with Crippen molar-refractivity contribution in [1.29, 1.82) is 0 Å². The van der Waals surface area contributed by atoms with Crippen LogP contribution in [0.5, 0.6) is 0 Å². The summed E-state index contributed by atoms with van der Waals surface area (Å²) in [6.45, 7) is 13.4. The van der Waals surface area contributed by atoms with Gasteiger partial charge in [-0.25, -0.2) is 0 Å². The molecule has 2 saturated carbocycles. The molecule has 2 aliphatic carbocycles. The second-order valence-corrected chi connectivity index (χ2v) is 20.4. The van der Waals surface area contributed by atoms with Crippen molar-refractivity contribution in [2.75, 3.05) is 0 Å². The lowest BCUT2D eigenvalue weighted by Crippen LogP contribution is -2.47. The van der Waals surface area contributed by atoms with Crippen molar-refractivity contribution in [3.63, 3.8) is 0 Å². The third-order valence-electron chi connectivity index (χ3n) is 6.65. The molecule has 4 rings (SSSR count). The van der Waals surface area contributed by atoms with E-state index in [1.165, 1.54) is 0 Å². The van der Waals surface area contributed by atoms with E-state index in [2.05, 4.69) is 51.4 Å². The van der Waals surface area contributed by atoms with Gasteiger partial charge in [0, 0.05) is 11.1 Å². The highest BCUT2D eigenvalue weighted by Crippen LogP contribution is 2.50. The van der Waals surface area contributed by atoms with Crippen LogP contribution < -0.4 is 0 Å². The van der Waals surface area contributed by atoms with Crippen LogP contribution in [0.3, 0.4) is 0 Å². The van der Waals surface area contributed by atoms with Gasteiger partial charge in [-0.15, -0.1) is 0 Å². The van der Waals surface area contributed by atoms with E-state index in [0.29, 0.717) is 0 Å². The fourth-order valence-corrected chi connectivity index (χ4v) is 8.30. The molecule has 0 heterocycles. The summed E-state index contributed by atoms with van der Waals surface area (Å²) in [6.07, 6.45) is 6.27. The molecule has 0 bridgehead atoms. The molecule has 2 aromatic rings. The van der Waals surface area contributed by atoms with E-state index < -0.39 is 16.6 Å². The molecular weight excluding hydrogens is 428 g/mol. The second kappa shape index (κ2) is 8.35. The predicted octanol–water partition coefficient (Wildman–Crippen LogP) is 7.38. The number of benzene rings is 2. The molecule has 2 aromatic carbocycles. The third-order valence-corrected chi connectivity index (χ3v) is 8.66. The van der Waals surface area contributed by atoms with Gasteiger partial charge in [0.1, 0.15) is 0 Å². The zero-order valence-electron chi connectivity index (χ0n) is 20.6. The highest BCUT2D eigenvalue weighted by Gasteiger charge is 2.47. The van der Waals surface area contributed by atoms with Crippen LogP contribution in [0.2, 0.25) is 39.3 Å². The van der Waals surface area contributed by atoms with Crippen molar-refractivity contribution >= 4 is 22.4 Å². The molecular formula is C27H38O3Si2. The minimum Gasteiger partial charge on any atom is -0.408 e. The Labute approximate surface area is 195 Å². The van der Waals surface area contributed by atoms with Gasteiger partial charge in [-0.1, -0.05) is 48.5 Å². The summed E-state index contributed by atoms with van der Waals surface area (Å²) in [4.78, 5) is 14.1. The molecule has 5 heteroatoms. The Morgan fingerprint density at radius 1 is 0.656 bits per heavy atom. The monoisotopic (exact) mass is 466 g/mol. The van der Waals surface area contributed by atoms with Gasteiger partial charge < -0.3 is 8.85 Å². The van der Waals surface area contributed by atoms with Crippen molar-refractivity contribution in [2.24, 2.45) is 0 Å². The molecule has 0 radical (unpaired) electrons. The van der Waals surface area contributed by atoms with Crippen LogP contribution in [0.4, 0.5) is 0 Å². The average molecular weight is 467 g/mol. The first-order valence-corrected chi connectivity index (χ1v) is 18.9. The zero-order chi connectivity index (χ0) is 23.2. The summed E-state index contributed by atoms with van der Waals surface area (Å²) in [5.74, 6) is 0.104. The van der Waals surface area contributed by atoms with Crippen LogP contribution in [-0.4, -0.2) is 22.4 Å². The van der Waals surface area contributed by atoms with Gasteiger partial charge in [0.05, 0.1) is 11.2 Å². The Morgan fingerprint density at radius 2 is 1.00 bits per heavy atom. The summed E-state index contributed by atoms with van der Waals surface area (Å²) in [6, 6.07) is 16.3. The maximum Gasteiger partial charge on any atom is 0.193 e. The molecule has 0 N–H and O–H groups in total. The highest BCUT2D eigenvalue weighted by atomic mass is 28.4. The van der Waals surface area contributed by atoms with E-state index >= 15 is 0 Å². The lowest BCUT2D eigenvalue weighted by atomic mass is 9.70. The molecule has 0 spiro atoms. The summed E-state index contributed by atoms with van der Waals surface area (Å²) in [5, 5.41) is 0. The van der Waals surface area contributed by atoms with Crippen LogP contribution in [0.1, 0.15) is 65.6 Å². The van der Waals surface area contributed by atoms with Gasteiger partial charge in [0.25, 0.3) is 0 Å². The first-order chi connectivity index (χ1) is 14.9. The van der Waals surface area contributed by atoms with Gasteiger partial charge in [-0.3, -0.25) is 4.79 Å². The number of carbonyl (C=O) groups excluding carboxylic acids is 1. The third kappa shape index (κ3) is 4.58. The lowest BCUT2D eigenvalue weighted by Gasteiger charge is -2.48. The van der Waals surface area contributed by atoms with E-state index in [0.717, 1.165) is 60.8 Å². The molecule has 2 fully saturated rings. The normalized spacial score (nSPS) is 19.7. The fraction of sp³-hybridized carbons (Fsp3) is 0.519. The van der Waals surface area contributed by atoms with E-state index in [1.54, 1.807) is 0 Å². The number of hydrogen-bond acceptors (Lipinski definition) is 3. The Morgan fingerprint density at radius 3 is 1.28 bits per heavy atom. The Balaban J connectivity index is 1.77. The van der Waals surface area contributed by atoms with Crippen LogP contribution in [0, 0.1) is 0 Å². The average Bonchev–Trinajstić information content (AvgIpc) is 2.66. The molecule has 3 nitrogen and oxygen atoms in total. The van der Waals surface area contributed by atoms with Crippen LogP contribution in [0.15, 0.2) is 48.5 Å². The van der Waals surface area contributed by atoms with E-state index in [9.17, 15) is 4.79 Å². The lowest BCUT2D eigenvalue weighted by molar-refractivity contribution is -0.0210. The molecule has 2 aliphatic rings. The Hall–Kier alpha value is -1.54. The number of rotatable bonds is 8. The summed E-state index contributed by atoms with van der Waals surface area (Å²) in [5.41, 5.74) is 3.11. The number of hydrogen-bond donors (Lipinski definition) is 0. The predicted molar refractivity (Wildman–Crippen MR) is 136 cm³/mol. The second-order valence-electron chi connectivity index (χ2n) is 11.5. The molecule has 0 aromatic heterocycles. The summed E-state index contributed by atoms with van der Waals surface area (Å²) in [7, 11) is -3.55. The highest BCUT2D eigenvalue weighted by molar-refractivity contribution is 6.70. The fourth-order valence-electron chi connectivity index (χ4n) is 5.32. The Kier molecular flexibility index (Phi) is 6.16. The van der Waals surface area contributed by atoms with Crippen LogP contribution in [-0.2, 0) is 20.1 Å². The summed E-state index contributed by atoms with van der Waals surface area (Å²) >= 11 is 0. The number of ketones is 1. The van der Waals surface area contributed by atoms with Crippen LogP contribution >= 0.6 is 0 Å². The molecule has 0 amide bonds. The first-order valence-electron chi connectivity index (χ1n) is 12.1. The molecule has 0 atom stereocenters. The minimum absolute atomic E-state index is 0.104. The molecule has 32 heavy (non-hydrogen) atoms. The molecule has 0 aliphatic heterocycles. The standard InChI is InChI=1S/C27H38O3Si2/c1-31(2,3)29-26(17-11-18-26)23-15-9-7-13-21(23)25(28)22-14-8-10-16-24(22)27(19-12-20-27)30-32(4,5)6/h7-10,13-16H,11-12,17-20H2,1-6H3. The smallest absolute Gasteiger partial charge is 0.193 e. The van der Waals surface area contributed by atoms with E-state index in [-0.39, 0.29) is 17.0 Å². The van der Waals surface area contributed by atoms with Crippen molar-refractivity contribution in [2.45, 2.75) is 89.0 Å². The number of carbonyl (C=O) groups is 1. The maximum atomic E-state index is 14.1. The summed E-state index contributed by atoms with van der Waals surface area (Å²) < 4.78 is 13.5. The van der Waals surface area contributed by atoms with Gasteiger partial charge in [-0.2, -0.15) is 0 Å². The largest absolute Gasteiger partial charge is 0.408 e. The van der Waals surface area contributed by atoms with Gasteiger partial charge in [0.2, 0.25) is 0 Å². The SMILES string of the molecule is C[Si](C)(C)OC1(c2ccccc2C(=O)c2ccccc2C2(O[Si](C)(C)C)CCC2)CCC1. The van der Waals surface area contributed by atoms with Crippen molar-refractivity contribution in [3.8, 4) is 0 Å². The maximum absolute atomic E-state index is 14.1. The zero-order valence-corrected chi connectivity index (χ0v) is 22.6. The van der Waals surface area contributed by atoms with Crippen molar-refractivity contribution in [3.05, 3.63) is 70.8 Å². The van der Waals surface area contributed by atoms with Crippen molar-refractivity contribution < 1.29 is 13.6 Å². The topological polar surface area (TPSA) is 35.5 Å². The van der Waals surface area contributed by atoms with Gasteiger partial charge in [0.15, 0.2) is 22.4 Å². The van der Waals surface area contributed by atoms with E-state index in [1.807, 2.05) is 36.4 Å². The van der Waals surface area contributed by atoms with E-state index in [4.69, 9.17) is 8.85 Å². The molecule has 0 unspecified atom stereocenters. The minimum atomic E-state index is -1.77. The first kappa shape index (κ1) is 23.6.